The van der Waals surface area contributed by atoms with Crippen molar-refractivity contribution in [3.05, 3.63) is 0 Å². The van der Waals surface area contributed by atoms with Gasteiger partial charge in [-0.15, -0.1) is 0 Å². The quantitative estimate of drug-likeness (QED) is 0.706. The van der Waals surface area contributed by atoms with Crippen molar-refractivity contribution in [1.29, 1.82) is 0 Å². The first-order valence-corrected chi connectivity index (χ1v) is 4.86. The maximum atomic E-state index is 10.9. The maximum absolute atomic E-state index is 10.9. The molecule has 0 amide bonds. The molecule has 0 spiro atoms. The molecule has 0 aliphatic heterocycles. The Morgan fingerprint density at radius 3 is 2.14 bits per heavy atom. The second kappa shape index (κ2) is 4.75. The molecule has 0 saturated carbocycles. The number of nitrogens with two attached hydrogens (primary N) is 1. The van der Waals surface area contributed by atoms with Gasteiger partial charge < -0.3 is 10.8 Å². The third-order valence-electron chi connectivity index (χ3n) is 2.86. The lowest BCUT2D eigenvalue weighted by Crippen LogP contribution is -2.51. The Bertz CT molecular complexity index is 199. The first-order chi connectivity index (χ1) is 6.21. The molecule has 3 N–H and O–H groups in total. The maximum Gasteiger partial charge on any atom is 0.322 e. The predicted octanol–water partition coefficient (Wildman–Crippen LogP) is 0.765. The van der Waals surface area contributed by atoms with E-state index in [0.717, 1.165) is 0 Å². The van der Waals surface area contributed by atoms with Gasteiger partial charge in [-0.05, 0) is 19.4 Å². The largest absolute Gasteiger partial charge is 0.480 e. The fraction of sp³-hybridized carbons (Fsp3) is 0.900. The Labute approximate surface area is 86.1 Å². The van der Waals surface area contributed by atoms with Crippen LogP contribution in [0, 0.1) is 5.41 Å². The van der Waals surface area contributed by atoms with E-state index in [2.05, 4.69) is 20.8 Å². The van der Waals surface area contributed by atoms with Crippen LogP contribution < -0.4 is 5.73 Å². The molecule has 2 unspecified atom stereocenters. The monoisotopic (exact) mass is 202 g/mol. The zero-order chi connectivity index (χ0) is 11.5. The van der Waals surface area contributed by atoms with Crippen LogP contribution >= 0.6 is 0 Å². The normalized spacial score (nSPS) is 16.8. The number of hydrogen-bond donors (Lipinski definition) is 2. The van der Waals surface area contributed by atoms with Gasteiger partial charge in [0, 0.05) is 12.6 Å². The summed E-state index contributed by atoms with van der Waals surface area (Å²) in [5, 5.41) is 8.94. The molecule has 4 heteroatoms. The van der Waals surface area contributed by atoms with Crippen LogP contribution in [0.15, 0.2) is 0 Å². The fourth-order valence-electron chi connectivity index (χ4n) is 1.32. The van der Waals surface area contributed by atoms with Gasteiger partial charge in [0.2, 0.25) is 0 Å². The smallest absolute Gasteiger partial charge is 0.322 e. The van der Waals surface area contributed by atoms with E-state index in [9.17, 15) is 4.79 Å². The van der Waals surface area contributed by atoms with Gasteiger partial charge in [0.1, 0.15) is 6.04 Å². The number of likely N-dealkylation sites (N-methyl/N-ethyl adjacent to an activating group) is 1. The van der Waals surface area contributed by atoms with Crippen LogP contribution in [-0.4, -0.2) is 41.7 Å². The topological polar surface area (TPSA) is 66.6 Å². The Balaban J connectivity index is 4.58. The van der Waals surface area contributed by atoms with Gasteiger partial charge in [-0.3, -0.25) is 9.69 Å². The van der Waals surface area contributed by atoms with E-state index >= 15 is 0 Å². The fourth-order valence-corrected chi connectivity index (χ4v) is 1.32. The summed E-state index contributed by atoms with van der Waals surface area (Å²) in [7, 11) is 1.81. The standard InChI is InChI=1S/C10H22N2O2/c1-7(10(2,3)4)12(5)8(6-11)9(13)14/h7-8H,6,11H2,1-5H3,(H,13,14). The molecule has 0 heterocycles. The summed E-state index contributed by atoms with van der Waals surface area (Å²) in [5.74, 6) is -0.855. The highest BCUT2D eigenvalue weighted by Gasteiger charge is 2.31. The van der Waals surface area contributed by atoms with Crippen molar-refractivity contribution in [1.82, 2.24) is 4.90 Å². The molecule has 4 nitrogen and oxygen atoms in total. The molecular weight excluding hydrogens is 180 g/mol. The molecule has 0 rings (SSSR count). The van der Waals surface area contributed by atoms with Crippen LogP contribution in [-0.2, 0) is 4.79 Å². The van der Waals surface area contributed by atoms with E-state index in [-0.39, 0.29) is 18.0 Å². The number of carbonyl (C=O) groups is 1. The first-order valence-electron chi connectivity index (χ1n) is 4.86. The van der Waals surface area contributed by atoms with Gasteiger partial charge in [-0.1, -0.05) is 20.8 Å². The van der Waals surface area contributed by atoms with Crippen molar-refractivity contribution in [3.8, 4) is 0 Å². The molecular formula is C10H22N2O2. The van der Waals surface area contributed by atoms with Crippen LogP contribution in [0.4, 0.5) is 0 Å². The van der Waals surface area contributed by atoms with Crippen LogP contribution in [0.25, 0.3) is 0 Å². The number of aliphatic carboxylic acids is 1. The Hall–Kier alpha value is -0.610. The van der Waals surface area contributed by atoms with Gasteiger partial charge in [0.05, 0.1) is 0 Å². The van der Waals surface area contributed by atoms with Crippen LogP contribution in [0.5, 0.6) is 0 Å². The minimum atomic E-state index is -0.855. The Kier molecular flexibility index (Phi) is 4.55. The zero-order valence-electron chi connectivity index (χ0n) is 9.74. The summed E-state index contributed by atoms with van der Waals surface area (Å²) in [6.07, 6.45) is 0. The van der Waals surface area contributed by atoms with Gasteiger partial charge >= 0.3 is 5.97 Å². The molecule has 0 aromatic rings. The van der Waals surface area contributed by atoms with E-state index in [0.29, 0.717) is 0 Å². The summed E-state index contributed by atoms with van der Waals surface area (Å²) in [4.78, 5) is 12.7. The van der Waals surface area contributed by atoms with Crippen molar-refractivity contribution in [3.63, 3.8) is 0 Å². The second-order valence-electron chi connectivity index (χ2n) is 4.80. The molecule has 0 saturated heterocycles. The summed E-state index contributed by atoms with van der Waals surface area (Å²) in [6.45, 7) is 8.43. The molecule has 0 aliphatic carbocycles. The number of nitrogens with zero attached hydrogens (tertiary/aromatic N) is 1. The van der Waals surface area contributed by atoms with E-state index < -0.39 is 12.0 Å². The number of rotatable bonds is 4. The molecule has 0 aromatic heterocycles. The number of carboxylic acids is 1. The molecule has 14 heavy (non-hydrogen) atoms. The summed E-state index contributed by atoms with van der Waals surface area (Å²) in [5.41, 5.74) is 5.49. The lowest BCUT2D eigenvalue weighted by Gasteiger charge is -2.38. The van der Waals surface area contributed by atoms with Gasteiger partial charge in [-0.2, -0.15) is 0 Å². The minimum Gasteiger partial charge on any atom is -0.480 e. The average Bonchev–Trinajstić information content (AvgIpc) is 2.01. The van der Waals surface area contributed by atoms with Gasteiger partial charge in [0.15, 0.2) is 0 Å². The minimum absolute atomic E-state index is 0.0532. The Morgan fingerprint density at radius 2 is 1.93 bits per heavy atom. The van der Waals surface area contributed by atoms with Crippen molar-refractivity contribution in [2.45, 2.75) is 39.8 Å². The summed E-state index contributed by atoms with van der Waals surface area (Å²) < 4.78 is 0. The highest BCUT2D eigenvalue weighted by Crippen LogP contribution is 2.24. The molecule has 0 fully saturated rings. The highest BCUT2D eigenvalue weighted by atomic mass is 16.4. The molecule has 0 radical (unpaired) electrons. The summed E-state index contributed by atoms with van der Waals surface area (Å²) >= 11 is 0. The molecule has 0 aromatic carbocycles. The first kappa shape index (κ1) is 13.4. The van der Waals surface area contributed by atoms with E-state index in [1.165, 1.54) is 0 Å². The molecule has 2 atom stereocenters. The second-order valence-corrected chi connectivity index (χ2v) is 4.80. The van der Waals surface area contributed by atoms with Crippen molar-refractivity contribution >= 4 is 5.97 Å². The lowest BCUT2D eigenvalue weighted by atomic mass is 9.86. The molecule has 84 valence electrons. The van der Waals surface area contributed by atoms with Crippen molar-refractivity contribution in [2.24, 2.45) is 11.1 Å². The zero-order valence-corrected chi connectivity index (χ0v) is 9.74. The predicted molar refractivity (Wildman–Crippen MR) is 57.2 cm³/mol. The van der Waals surface area contributed by atoms with E-state index in [1.807, 2.05) is 18.9 Å². The van der Waals surface area contributed by atoms with Gasteiger partial charge in [0.25, 0.3) is 0 Å². The Morgan fingerprint density at radius 1 is 1.50 bits per heavy atom. The van der Waals surface area contributed by atoms with E-state index in [4.69, 9.17) is 10.8 Å². The van der Waals surface area contributed by atoms with Crippen molar-refractivity contribution < 1.29 is 9.90 Å². The van der Waals surface area contributed by atoms with E-state index in [1.54, 1.807) is 0 Å². The third-order valence-corrected chi connectivity index (χ3v) is 2.86. The SMILES string of the molecule is CC(N(C)C(CN)C(=O)O)C(C)(C)C. The number of carboxylic acid groups (broad SMARTS) is 1. The molecule has 0 bridgehead atoms. The third kappa shape index (κ3) is 3.27. The lowest BCUT2D eigenvalue weighted by molar-refractivity contribution is -0.143. The van der Waals surface area contributed by atoms with Crippen LogP contribution in [0.2, 0.25) is 0 Å². The molecule has 0 aliphatic rings. The highest BCUT2D eigenvalue weighted by molar-refractivity contribution is 5.73. The number of hydrogen-bond acceptors (Lipinski definition) is 3. The van der Waals surface area contributed by atoms with Crippen LogP contribution in [0.3, 0.4) is 0 Å². The van der Waals surface area contributed by atoms with Crippen molar-refractivity contribution in [2.75, 3.05) is 13.6 Å². The summed E-state index contributed by atoms with van der Waals surface area (Å²) in [6, 6.07) is -0.420. The average molecular weight is 202 g/mol. The van der Waals surface area contributed by atoms with Gasteiger partial charge in [-0.25, -0.2) is 0 Å². The van der Waals surface area contributed by atoms with Crippen LogP contribution in [0.1, 0.15) is 27.7 Å².